The molecule has 0 radical (unpaired) electrons. The first-order valence-corrected chi connectivity index (χ1v) is 7.25. The van der Waals surface area contributed by atoms with Gasteiger partial charge in [-0.25, -0.2) is 4.98 Å². The number of nitrogens with zero attached hydrogens (tertiary/aromatic N) is 2. The number of pyridine rings is 1. The van der Waals surface area contributed by atoms with Crippen LogP contribution in [0.4, 0.5) is 5.82 Å². The number of carbonyl (C=O) groups is 1. The molecule has 1 amide bonds. The standard InChI is InChI=1S/C16H20N4O/c1-11(21)18-14-6-7-20(10-14)9-13-8-12-4-2-3-5-15(12)19-16(13)17/h2-5,8,14H,6-7,9-10H2,1H3,(H2,17,19)(H,18,21). The van der Waals surface area contributed by atoms with Crippen LogP contribution in [0.3, 0.4) is 0 Å². The highest BCUT2D eigenvalue weighted by Gasteiger charge is 2.23. The number of likely N-dealkylation sites (tertiary alicyclic amines) is 1. The maximum atomic E-state index is 11.1. The number of nitrogens with one attached hydrogen (secondary N) is 1. The van der Waals surface area contributed by atoms with Gasteiger partial charge in [0, 0.05) is 43.5 Å². The highest BCUT2D eigenvalue weighted by molar-refractivity contribution is 5.81. The number of amides is 1. The Balaban J connectivity index is 1.73. The van der Waals surface area contributed by atoms with Gasteiger partial charge < -0.3 is 11.1 Å². The van der Waals surface area contributed by atoms with Gasteiger partial charge in [0.1, 0.15) is 5.82 Å². The molecule has 1 aromatic heterocycles. The van der Waals surface area contributed by atoms with E-state index in [0.717, 1.165) is 42.5 Å². The van der Waals surface area contributed by atoms with Crippen LogP contribution in [-0.2, 0) is 11.3 Å². The third-order valence-electron chi connectivity index (χ3n) is 3.91. The fourth-order valence-electron chi connectivity index (χ4n) is 2.92. The van der Waals surface area contributed by atoms with Gasteiger partial charge >= 0.3 is 0 Å². The van der Waals surface area contributed by atoms with Gasteiger partial charge in [-0.1, -0.05) is 18.2 Å². The Morgan fingerprint density at radius 2 is 2.29 bits per heavy atom. The number of aromatic nitrogens is 1. The topological polar surface area (TPSA) is 71.2 Å². The van der Waals surface area contributed by atoms with Crippen molar-refractivity contribution in [3.05, 3.63) is 35.9 Å². The summed E-state index contributed by atoms with van der Waals surface area (Å²) in [5.41, 5.74) is 8.05. The summed E-state index contributed by atoms with van der Waals surface area (Å²) in [7, 11) is 0. The second kappa shape index (κ2) is 5.69. The van der Waals surface area contributed by atoms with Gasteiger partial charge in [0.15, 0.2) is 0 Å². The maximum absolute atomic E-state index is 11.1. The fourth-order valence-corrected chi connectivity index (χ4v) is 2.92. The number of anilines is 1. The van der Waals surface area contributed by atoms with Crippen LogP contribution < -0.4 is 11.1 Å². The molecule has 5 nitrogen and oxygen atoms in total. The monoisotopic (exact) mass is 284 g/mol. The zero-order valence-electron chi connectivity index (χ0n) is 12.2. The van der Waals surface area contributed by atoms with Gasteiger partial charge in [-0.15, -0.1) is 0 Å². The lowest BCUT2D eigenvalue weighted by atomic mass is 10.1. The first kappa shape index (κ1) is 13.8. The first-order valence-electron chi connectivity index (χ1n) is 7.25. The number of benzene rings is 1. The number of hydrogen-bond acceptors (Lipinski definition) is 4. The zero-order chi connectivity index (χ0) is 14.8. The van der Waals surface area contributed by atoms with E-state index in [2.05, 4.69) is 27.3 Å². The van der Waals surface area contributed by atoms with Crippen molar-refractivity contribution in [3.8, 4) is 0 Å². The van der Waals surface area contributed by atoms with Crippen LogP contribution in [0.2, 0.25) is 0 Å². The number of nitrogen functional groups attached to an aromatic ring is 1. The molecule has 5 heteroatoms. The Kier molecular flexibility index (Phi) is 3.75. The van der Waals surface area contributed by atoms with Crippen molar-refractivity contribution in [3.63, 3.8) is 0 Å². The summed E-state index contributed by atoms with van der Waals surface area (Å²) in [6.07, 6.45) is 0.987. The Bertz CT molecular complexity index is 670. The van der Waals surface area contributed by atoms with E-state index in [1.807, 2.05) is 18.2 Å². The molecule has 3 N–H and O–H groups in total. The van der Waals surface area contributed by atoms with E-state index >= 15 is 0 Å². The third kappa shape index (κ3) is 3.13. The van der Waals surface area contributed by atoms with Gasteiger partial charge in [-0.05, 0) is 18.6 Å². The van der Waals surface area contributed by atoms with E-state index in [1.54, 1.807) is 6.92 Å². The van der Waals surface area contributed by atoms with Crippen LogP contribution in [0.15, 0.2) is 30.3 Å². The van der Waals surface area contributed by atoms with E-state index in [0.29, 0.717) is 5.82 Å². The maximum Gasteiger partial charge on any atom is 0.217 e. The fraction of sp³-hybridized carbons (Fsp3) is 0.375. The Hall–Kier alpha value is -2.14. The molecule has 1 fully saturated rings. The third-order valence-corrected chi connectivity index (χ3v) is 3.91. The minimum atomic E-state index is 0.0359. The average Bonchev–Trinajstić information content (AvgIpc) is 2.86. The second-order valence-corrected chi connectivity index (χ2v) is 5.65. The Labute approximate surface area is 124 Å². The average molecular weight is 284 g/mol. The minimum Gasteiger partial charge on any atom is -0.383 e. The van der Waals surface area contributed by atoms with Crippen molar-refractivity contribution in [2.75, 3.05) is 18.8 Å². The highest BCUT2D eigenvalue weighted by Crippen LogP contribution is 2.21. The molecule has 1 saturated heterocycles. The number of hydrogen-bond donors (Lipinski definition) is 2. The predicted octanol–water partition coefficient (Wildman–Crippen LogP) is 1.53. The van der Waals surface area contributed by atoms with Crippen molar-refractivity contribution in [2.45, 2.75) is 25.9 Å². The summed E-state index contributed by atoms with van der Waals surface area (Å²) in [6.45, 7) is 4.18. The molecule has 0 bridgehead atoms. The summed E-state index contributed by atoms with van der Waals surface area (Å²) in [5, 5.41) is 4.08. The van der Waals surface area contributed by atoms with Crippen molar-refractivity contribution < 1.29 is 4.79 Å². The van der Waals surface area contributed by atoms with E-state index in [1.165, 1.54) is 0 Å². The van der Waals surface area contributed by atoms with Crippen molar-refractivity contribution in [1.82, 2.24) is 15.2 Å². The molecule has 110 valence electrons. The number of nitrogens with two attached hydrogens (primary N) is 1. The summed E-state index contributed by atoms with van der Waals surface area (Å²) in [6, 6.07) is 10.4. The van der Waals surface area contributed by atoms with Crippen molar-refractivity contribution >= 4 is 22.6 Å². The van der Waals surface area contributed by atoms with Gasteiger partial charge in [0.05, 0.1) is 5.52 Å². The molecule has 21 heavy (non-hydrogen) atoms. The lowest BCUT2D eigenvalue weighted by Gasteiger charge is -2.17. The molecule has 1 unspecified atom stereocenters. The van der Waals surface area contributed by atoms with E-state index in [9.17, 15) is 4.79 Å². The summed E-state index contributed by atoms with van der Waals surface area (Å²) in [4.78, 5) is 17.9. The molecule has 1 atom stereocenters. The quantitative estimate of drug-likeness (QED) is 0.896. The van der Waals surface area contributed by atoms with E-state index in [4.69, 9.17) is 5.73 Å². The lowest BCUT2D eigenvalue weighted by Crippen LogP contribution is -2.35. The largest absolute Gasteiger partial charge is 0.383 e. The number of carbonyl (C=O) groups excluding carboxylic acids is 1. The van der Waals surface area contributed by atoms with Gasteiger partial charge in [0.25, 0.3) is 0 Å². The van der Waals surface area contributed by atoms with Crippen LogP contribution in [0, 0.1) is 0 Å². The molecule has 2 aromatic rings. The van der Waals surface area contributed by atoms with E-state index < -0.39 is 0 Å². The molecule has 0 aliphatic carbocycles. The lowest BCUT2D eigenvalue weighted by molar-refractivity contribution is -0.119. The van der Waals surface area contributed by atoms with Crippen LogP contribution in [0.5, 0.6) is 0 Å². The number of rotatable bonds is 3. The van der Waals surface area contributed by atoms with Gasteiger partial charge in [-0.2, -0.15) is 0 Å². The molecule has 2 heterocycles. The molecular formula is C16H20N4O. The summed E-state index contributed by atoms with van der Waals surface area (Å²) >= 11 is 0. The molecular weight excluding hydrogens is 264 g/mol. The Morgan fingerprint density at radius 1 is 1.48 bits per heavy atom. The van der Waals surface area contributed by atoms with E-state index in [-0.39, 0.29) is 11.9 Å². The van der Waals surface area contributed by atoms with Crippen molar-refractivity contribution in [1.29, 1.82) is 0 Å². The zero-order valence-corrected chi connectivity index (χ0v) is 12.2. The number of para-hydroxylation sites is 1. The summed E-state index contributed by atoms with van der Waals surface area (Å²) < 4.78 is 0. The van der Waals surface area contributed by atoms with Crippen LogP contribution in [-0.4, -0.2) is 34.9 Å². The van der Waals surface area contributed by atoms with Crippen LogP contribution in [0.25, 0.3) is 10.9 Å². The highest BCUT2D eigenvalue weighted by atomic mass is 16.1. The first-order chi connectivity index (χ1) is 10.1. The van der Waals surface area contributed by atoms with Crippen molar-refractivity contribution in [2.24, 2.45) is 0 Å². The molecule has 1 aliphatic heterocycles. The molecule has 0 saturated carbocycles. The smallest absolute Gasteiger partial charge is 0.217 e. The minimum absolute atomic E-state index is 0.0359. The molecule has 1 aromatic carbocycles. The van der Waals surface area contributed by atoms with Gasteiger partial charge in [-0.3, -0.25) is 9.69 Å². The van der Waals surface area contributed by atoms with Crippen LogP contribution in [0.1, 0.15) is 18.9 Å². The normalized spacial score (nSPS) is 19.0. The molecule has 3 rings (SSSR count). The molecule has 1 aliphatic rings. The second-order valence-electron chi connectivity index (χ2n) is 5.65. The number of fused-ring (bicyclic) bond motifs is 1. The Morgan fingerprint density at radius 3 is 3.10 bits per heavy atom. The van der Waals surface area contributed by atoms with Gasteiger partial charge in [0.2, 0.25) is 5.91 Å². The van der Waals surface area contributed by atoms with Crippen LogP contribution >= 0.6 is 0 Å². The SMILES string of the molecule is CC(=O)NC1CCN(Cc2cc3ccccc3nc2N)C1. The molecule has 0 spiro atoms. The summed E-state index contributed by atoms with van der Waals surface area (Å²) in [5.74, 6) is 0.630. The predicted molar refractivity (Wildman–Crippen MR) is 83.7 cm³/mol.